The summed E-state index contributed by atoms with van der Waals surface area (Å²) >= 11 is 0. The second-order valence-electron chi connectivity index (χ2n) is 6.79. The normalized spacial score (nSPS) is 17.1. The van der Waals surface area contributed by atoms with Gasteiger partial charge in [-0.2, -0.15) is 0 Å². The van der Waals surface area contributed by atoms with Crippen molar-refractivity contribution < 1.29 is 8.42 Å². The zero-order chi connectivity index (χ0) is 18.3. The molecule has 140 valence electrons. The van der Waals surface area contributed by atoms with E-state index in [1.807, 2.05) is 12.1 Å². The van der Waals surface area contributed by atoms with E-state index < -0.39 is 10.0 Å². The summed E-state index contributed by atoms with van der Waals surface area (Å²) in [6, 6.07) is 8.05. The molecule has 0 aliphatic heterocycles. The molecule has 4 N–H and O–H groups in total. The average Bonchev–Trinajstić information content (AvgIpc) is 2.53. The fraction of sp³-hybridized carbons (Fsp3) is 0.611. The predicted molar refractivity (Wildman–Crippen MR) is 104 cm³/mol. The molecule has 25 heavy (non-hydrogen) atoms. The molecule has 0 heterocycles. The highest BCUT2D eigenvalue weighted by Gasteiger charge is 2.19. The molecule has 1 unspecified atom stereocenters. The summed E-state index contributed by atoms with van der Waals surface area (Å²) in [4.78, 5) is 4.10. The van der Waals surface area contributed by atoms with Crippen LogP contribution in [0.5, 0.6) is 0 Å². The molecule has 1 aromatic carbocycles. The minimum Gasteiger partial charge on any atom is -0.370 e. The number of hydrogen-bond acceptors (Lipinski definition) is 3. The van der Waals surface area contributed by atoms with Gasteiger partial charge in [-0.3, -0.25) is 4.99 Å². The molecule has 7 heteroatoms. The lowest BCUT2D eigenvalue weighted by Crippen LogP contribution is -2.34. The van der Waals surface area contributed by atoms with E-state index in [-0.39, 0.29) is 18.3 Å². The van der Waals surface area contributed by atoms with Crippen LogP contribution in [0.4, 0.5) is 5.69 Å². The van der Waals surface area contributed by atoms with Gasteiger partial charge in [0.2, 0.25) is 10.0 Å². The van der Waals surface area contributed by atoms with Crippen molar-refractivity contribution in [1.82, 2.24) is 4.72 Å². The highest BCUT2D eigenvalue weighted by atomic mass is 32.2. The fourth-order valence-electron chi connectivity index (χ4n) is 2.62. The summed E-state index contributed by atoms with van der Waals surface area (Å²) in [7, 11) is -3.28. The fourth-order valence-corrected chi connectivity index (χ4v) is 3.58. The van der Waals surface area contributed by atoms with Crippen LogP contribution in [-0.4, -0.2) is 33.2 Å². The van der Waals surface area contributed by atoms with Crippen molar-refractivity contribution in [3.63, 3.8) is 0 Å². The van der Waals surface area contributed by atoms with Gasteiger partial charge in [0.15, 0.2) is 5.96 Å². The molecule has 0 aromatic heterocycles. The van der Waals surface area contributed by atoms with Crippen LogP contribution in [0.15, 0.2) is 29.3 Å². The molecule has 1 fully saturated rings. The number of guanidine groups is 1. The molecule has 1 atom stereocenters. The van der Waals surface area contributed by atoms with Crippen LogP contribution in [-0.2, 0) is 10.0 Å². The van der Waals surface area contributed by atoms with Gasteiger partial charge >= 0.3 is 0 Å². The van der Waals surface area contributed by atoms with Gasteiger partial charge in [-0.15, -0.1) is 0 Å². The Hall–Kier alpha value is -1.60. The first-order chi connectivity index (χ1) is 11.9. The summed E-state index contributed by atoms with van der Waals surface area (Å²) < 4.78 is 26.5. The van der Waals surface area contributed by atoms with Gasteiger partial charge in [0.25, 0.3) is 0 Å². The van der Waals surface area contributed by atoms with Crippen LogP contribution in [0.2, 0.25) is 0 Å². The third-order valence-electron chi connectivity index (χ3n) is 4.82. The maximum absolute atomic E-state index is 11.9. The van der Waals surface area contributed by atoms with Crippen LogP contribution >= 0.6 is 0 Å². The number of rotatable bonds is 9. The molecule has 0 saturated heterocycles. The number of sulfonamides is 1. The number of nitrogens with two attached hydrogens (primary N) is 1. The van der Waals surface area contributed by atoms with Gasteiger partial charge in [0.05, 0.1) is 12.3 Å². The lowest BCUT2D eigenvalue weighted by atomic mass is 9.86. The zero-order valence-corrected chi connectivity index (χ0v) is 16.0. The molecule has 1 saturated carbocycles. The molecule has 1 aliphatic carbocycles. The second-order valence-corrected chi connectivity index (χ2v) is 8.71. The Balaban J connectivity index is 1.76. The maximum atomic E-state index is 11.9. The van der Waals surface area contributed by atoms with Gasteiger partial charge < -0.3 is 11.1 Å². The number of hydrogen-bond donors (Lipinski definition) is 3. The Morgan fingerprint density at radius 3 is 2.56 bits per heavy atom. The largest absolute Gasteiger partial charge is 0.370 e. The summed E-state index contributed by atoms with van der Waals surface area (Å²) in [5.74, 6) is 1.21. The van der Waals surface area contributed by atoms with Crippen molar-refractivity contribution in [1.29, 1.82) is 0 Å². The van der Waals surface area contributed by atoms with Crippen LogP contribution in [0.3, 0.4) is 0 Å². The summed E-state index contributed by atoms with van der Waals surface area (Å²) in [5.41, 5.74) is 7.97. The van der Waals surface area contributed by atoms with Crippen molar-refractivity contribution in [2.45, 2.75) is 45.4 Å². The van der Waals surface area contributed by atoms with Crippen molar-refractivity contribution >= 4 is 21.7 Å². The quantitative estimate of drug-likeness (QED) is 0.462. The van der Waals surface area contributed by atoms with Crippen molar-refractivity contribution in [3.05, 3.63) is 29.8 Å². The Labute approximate surface area is 151 Å². The number of benzene rings is 1. The maximum Gasteiger partial charge on any atom is 0.213 e. The zero-order valence-electron chi connectivity index (χ0n) is 15.2. The third kappa shape index (κ3) is 6.66. The molecule has 1 aliphatic rings. The summed E-state index contributed by atoms with van der Waals surface area (Å²) in [6.07, 6.45) is 4.54. The van der Waals surface area contributed by atoms with Gasteiger partial charge in [0, 0.05) is 12.2 Å². The topological polar surface area (TPSA) is 96.6 Å². The number of anilines is 1. The van der Waals surface area contributed by atoms with Crippen molar-refractivity contribution in [2.24, 2.45) is 16.6 Å². The Morgan fingerprint density at radius 2 is 2.00 bits per heavy atom. The number of aliphatic imine (C=N–C) groups is 1. The van der Waals surface area contributed by atoms with E-state index in [0.717, 1.165) is 24.9 Å². The molecular formula is C18H30N4O2S. The van der Waals surface area contributed by atoms with Gasteiger partial charge in [-0.1, -0.05) is 32.4 Å². The van der Waals surface area contributed by atoms with E-state index in [1.165, 1.54) is 12.0 Å². The lowest BCUT2D eigenvalue weighted by Gasteiger charge is -2.25. The van der Waals surface area contributed by atoms with Gasteiger partial charge in [-0.05, 0) is 48.8 Å². The van der Waals surface area contributed by atoms with E-state index in [1.54, 1.807) is 0 Å². The van der Waals surface area contributed by atoms with Crippen molar-refractivity contribution in [2.75, 3.05) is 24.2 Å². The first-order valence-corrected chi connectivity index (χ1v) is 10.7. The molecule has 0 bridgehead atoms. The van der Waals surface area contributed by atoms with Crippen LogP contribution in [0.1, 0.15) is 51.0 Å². The predicted octanol–water partition coefficient (Wildman–Crippen LogP) is 2.65. The van der Waals surface area contributed by atoms with Crippen LogP contribution in [0, 0.1) is 5.92 Å². The Bertz CT molecular complexity index is 667. The minimum atomic E-state index is -3.28. The molecule has 6 nitrogen and oxygen atoms in total. The Morgan fingerprint density at radius 1 is 1.32 bits per heavy atom. The van der Waals surface area contributed by atoms with Crippen LogP contribution < -0.4 is 15.8 Å². The molecule has 0 amide bonds. The molecule has 0 spiro atoms. The highest BCUT2D eigenvalue weighted by molar-refractivity contribution is 7.89. The number of nitrogens with zero attached hydrogens (tertiary/aromatic N) is 1. The monoisotopic (exact) mass is 366 g/mol. The van der Waals surface area contributed by atoms with E-state index >= 15 is 0 Å². The third-order valence-corrected chi connectivity index (χ3v) is 6.15. The molecular weight excluding hydrogens is 336 g/mol. The van der Waals surface area contributed by atoms with E-state index in [2.05, 4.69) is 41.0 Å². The highest BCUT2D eigenvalue weighted by Crippen LogP contribution is 2.25. The smallest absolute Gasteiger partial charge is 0.213 e. The average molecular weight is 367 g/mol. The summed E-state index contributed by atoms with van der Waals surface area (Å²) in [6.45, 7) is 5.04. The Kier molecular flexibility index (Phi) is 7.25. The summed E-state index contributed by atoms with van der Waals surface area (Å²) in [5, 5.41) is 2.99. The second kappa shape index (κ2) is 9.20. The minimum absolute atomic E-state index is 0.0466. The molecule has 1 aromatic rings. The van der Waals surface area contributed by atoms with Crippen LogP contribution in [0.25, 0.3) is 0 Å². The number of nitrogens with one attached hydrogen (secondary N) is 2. The van der Waals surface area contributed by atoms with Crippen molar-refractivity contribution in [3.8, 4) is 0 Å². The first kappa shape index (κ1) is 19.7. The van der Waals surface area contributed by atoms with Gasteiger partial charge in [-0.25, -0.2) is 13.1 Å². The first-order valence-electron chi connectivity index (χ1n) is 9.04. The van der Waals surface area contributed by atoms with E-state index in [4.69, 9.17) is 5.73 Å². The standard InChI is InChI=1S/C18H30N4O2S/c1-3-14(2)16-7-9-17(10-8-16)22-18(19)20-11-12-25(23,24)21-13-15-5-4-6-15/h7-10,14-15,21H,3-6,11-13H2,1-2H3,(H3,19,20,22). The SMILES string of the molecule is CCC(C)c1ccc(NC(N)=NCCS(=O)(=O)NCC2CCC2)cc1. The lowest BCUT2D eigenvalue weighted by molar-refractivity contribution is 0.316. The molecule has 0 radical (unpaired) electrons. The van der Waals surface area contributed by atoms with E-state index in [9.17, 15) is 8.42 Å². The van der Waals surface area contributed by atoms with E-state index in [0.29, 0.717) is 18.4 Å². The molecule has 2 rings (SSSR count). The van der Waals surface area contributed by atoms with Gasteiger partial charge in [0.1, 0.15) is 0 Å².